The summed E-state index contributed by atoms with van der Waals surface area (Å²) in [7, 11) is 0. The molecule has 4 aliphatic rings. The second-order valence-electron chi connectivity index (χ2n) is 9.98. The van der Waals surface area contributed by atoms with Gasteiger partial charge in [0.25, 0.3) is 11.8 Å². The van der Waals surface area contributed by atoms with Crippen LogP contribution in [-0.4, -0.2) is 46.4 Å². The molecule has 0 spiro atoms. The van der Waals surface area contributed by atoms with E-state index in [9.17, 15) is 14.4 Å². The lowest BCUT2D eigenvalue weighted by molar-refractivity contribution is -0.129. The normalized spacial score (nSPS) is 31.4. The summed E-state index contributed by atoms with van der Waals surface area (Å²) in [4.78, 5) is 42.7. The lowest BCUT2D eigenvalue weighted by atomic mass is 9.68. The Morgan fingerprint density at radius 2 is 1.61 bits per heavy atom. The molecule has 3 saturated heterocycles. The summed E-state index contributed by atoms with van der Waals surface area (Å²) in [5.74, 6) is -0.196. The number of rotatable bonds is 2. The zero-order valence-corrected chi connectivity index (χ0v) is 18.9. The van der Waals surface area contributed by atoms with Crippen LogP contribution >= 0.6 is 0 Å². The number of hydrazine groups is 1. The van der Waals surface area contributed by atoms with Crippen LogP contribution in [0.1, 0.15) is 48.0 Å². The van der Waals surface area contributed by atoms with Crippen LogP contribution in [0.4, 0.5) is 5.69 Å². The molecule has 3 heterocycles. The number of hydrogen-bond acceptors (Lipinski definition) is 4. The highest BCUT2D eigenvalue weighted by Gasteiger charge is 2.66. The van der Waals surface area contributed by atoms with Gasteiger partial charge in [0.2, 0.25) is 5.91 Å². The first-order chi connectivity index (χ1) is 16.1. The average Bonchev–Trinajstić information content (AvgIpc) is 3.32. The maximum absolute atomic E-state index is 13.8. The fourth-order valence-corrected chi connectivity index (χ4v) is 6.75. The van der Waals surface area contributed by atoms with Gasteiger partial charge in [0.1, 0.15) is 6.04 Å². The third-order valence-corrected chi connectivity index (χ3v) is 8.23. The first kappa shape index (κ1) is 20.6. The smallest absolute Gasteiger partial charge is 0.268 e. The molecule has 6 nitrogen and oxygen atoms in total. The Hall–Kier alpha value is -2.99. The van der Waals surface area contributed by atoms with Gasteiger partial charge in [0.05, 0.1) is 11.6 Å². The van der Waals surface area contributed by atoms with E-state index in [1.54, 1.807) is 17.1 Å². The Balaban J connectivity index is 1.44. The number of hydrogen-bond donors (Lipinski definition) is 0. The second-order valence-corrected chi connectivity index (χ2v) is 9.98. The Morgan fingerprint density at radius 3 is 2.36 bits per heavy atom. The fraction of sp³-hybridized carbons (Fsp3) is 0.444. The summed E-state index contributed by atoms with van der Waals surface area (Å²) in [6.07, 6.45) is 5.65. The number of anilines is 1. The van der Waals surface area contributed by atoms with Crippen molar-refractivity contribution >= 4 is 23.4 Å². The highest BCUT2D eigenvalue weighted by molar-refractivity contribution is 6.25. The molecule has 33 heavy (non-hydrogen) atoms. The molecule has 0 aromatic heterocycles. The highest BCUT2D eigenvalue weighted by atomic mass is 16.2. The minimum Gasteiger partial charge on any atom is -0.274 e. The van der Waals surface area contributed by atoms with Crippen LogP contribution in [0, 0.1) is 24.7 Å². The van der Waals surface area contributed by atoms with Gasteiger partial charge in [-0.1, -0.05) is 55.2 Å². The van der Waals surface area contributed by atoms with Crippen molar-refractivity contribution in [2.24, 2.45) is 17.8 Å². The molecule has 1 saturated carbocycles. The molecule has 2 unspecified atom stereocenters. The molecular weight excluding hydrogens is 414 g/mol. The molecule has 2 aromatic carbocycles. The van der Waals surface area contributed by atoms with Crippen molar-refractivity contribution in [3.05, 3.63) is 65.7 Å². The number of aryl methyl sites for hydroxylation is 1. The van der Waals surface area contributed by atoms with E-state index >= 15 is 0 Å². The van der Waals surface area contributed by atoms with Gasteiger partial charge in [-0.2, -0.15) is 0 Å². The van der Waals surface area contributed by atoms with Crippen LogP contribution in [0.25, 0.3) is 0 Å². The molecule has 6 heteroatoms. The molecule has 4 fully saturated rings. The van der Waals surface area contributed by atoms with Crippen molar-refractivity contribution in [1.82, 2.24) is 10.0 Å². The van der Waals surface area contributed by atoms with Crippen molar-refractivity contribution in [3.8, 4) is 0 Å². The Bertz CT molecular complexity index is 1100. The summed E-state index contributed by atoms with van der Waals surface area (Å²) < 4.78 is 0. The maximum Gasteiger partial charge on any atom is 0.268 e. The largest absolute Gasteiger partial charge is 0.274 e. The number of fused-ring (bicyclic) bond motifs is 5. The molecule has 1 aliphatic carbocycles. The quantitative estimate of drug-likeness (QED) is 0.663. The first-order valence-corrected chi connectivity index (χ1v) is 12.2. The van der Waals surface area contributed by atoms with Gasteiger partial charge in [-0.15, -0.1) is 0 Å². The number of benzene rings is 2. The first-order valence-electron chi connectivity index (χ1n) is 12.2. The fourth-order valence-electron chi connectivity index (χ4n) is 6.75. The van der Waals surface area contributed by atoms with Gasteiger partial charge in [-0.3, -0.25) is 19.4 Å². The Labute approximate surface area is 194 Å². The third-order valence-electron chi connectivity index (χ3n) is 8.23. The van der Waals surface area contributed by atoms with Gasteiger partial charge < -0.3 is 0 Å². The standard InChI is InChI=1S/C27H29N3O3/c1-17-11-13-19(14-12-17)25(31)30-24-22(23-21-10-6-5-7-18(21)15-16-28(23)30)26(32)29(27(24)33)20-8-3-2-4-9-20/h2-4,8-9,11-14,18,21-24H,5-7,10,15-16H2,1H3/t18?,21?,22-,23-,24+/m0/s1. The van der Waals surface area contributed by atoms with Crippen LogP contribution in [0.5, 0.6) is 0 Å². The number of imide groups is 1. The van der Waals surface area contributed by atoms with Gasteiger partial charge in [0, 0.05) is 18.2 Å². The van der Waals surface area contributed by atoms with Crippen LogP contribution in [0.2, 0.25) is 0 Å². The van der Waals surface area contributed by atoms with Crippen molar-refractivity contribution in [3.63, 3.8) is 0 Å². The summed E-state index contributed by atoms with van der Waals surface area (Å²) in [6.45, 7) is 2.71. The van der Waals surface area contributed by atoms with E-state index in [-0.39, 0.29) is 23.8 Å². The molecule has 0 N–H and O–H groups in total. The van der Waals surface area contributed by atoms with E-state index in [1.807, 2.05) is 49.4 Å². The summed E-state index contributed by atoms with van der Waals surface area (Å²) in [6, 6.07) is 15.8. The molecule has 0 bridgehead atoms. The lowest BCUT2D eigenvalue weighted by Crippen LogP contribution is -2.57. The van der Waals surface area contributed by atoms with Gasteiger partial charge in [-0.05, 0) is 55.9 Å². The monoisotopic (exact) mass is 443 g/mol. The second kappa shape index (κ2) is 7.80. The summed E-state index contributed by atoms with van der Waals surface area (Å²) in [5.41, 5.74) is 2.23. The van der Waals surface area contributed by atoms with Gasteiger partial charge in [-0.25, -0.2) is 9.91 Å². The third kappa shape index (κ3) is 3.07. The molecule has 3 aliphatic heterocycles. The molecule has 5 atom stereocenters. The summed E-state index contributed by atoms with van der Waals surface area (Å²) >= 11 is 0. The zero-order chi connectivity index (χ0) is 22.7. The number of carbonyl (C=O) groups excluding carboxylic acids is 3. The van der Waals surface area contributed by atoms with E-state index < -0.39 is 12.0 Å². The Morgan fingerprint density at radius 1 is 0.879 bits per heavy atom. The van der Waals surface area contributed by atoms with Gasteiger partial charge in [0.15, 0.2) is 0 Å². The van der Waals surface area contributed by atoms with E-state index in [2.05, 4.69) is 5.01 Å². The minimum absolute atomic E-state index is 0.0892. The summed E-state index contributed by atoms with van der Waals surface area (Å²) in [5, 5.41) is 3.76. The lowest BCUT2D eigenvalue weighted by Gasteiger charge is -2.47. The molecule has 6 rings (SSSR count). The highest BCUT2D eigenvalue weighted by Crippen LogP contribution is 2.50. The number of nitrogens with zero attached hydrogens (tertiary/aromatic N) is 3. The predicted octanol–water partition coefficient (Wildman–Crippen LogP) is 3.80. The van der Waals surface area contributed by atoms with E-state index in [4.69, 9.17) is 0 Å². The van der Waals surface area contributed by atoms with Crippen molar-refractivity contribution in [2.75, 3.05) is 11.4 Å². The number of piperidine rings is 1. The Kier molecular flexibility index (Phi) is 4.87. The van der Waals surface area contributed by atoms with E-state index in [0.717, 1.165) is 31.4 Å². The number of carbonyl (C=O) groups is 3. The van der Waals surface area contributed by atoms with Crippen LogP contribution in [-0.2, 0) is 9.59 Å². The molecule has 170 valence electrons. The van der Waals surface area contributed by atoms with Crippen LogP contribution in [0.3, 0.4) is 0 Å². The SMILES string of the molecule is Cc1ccc(C(=O)N2[C@H]3C(=O)N(c4ccccc4)C(=O)[C@H]3[C@@H]3C4CCCCC4CCN32)cc1. The van der Waals surface area contributed by atoms with Crippen molar-refractivity contribution in [2.45, 2.75) is 51.1 Å². The van der Waals surface area contributed by atoms with Gasteiger partial charge >= 0.3 is 0 Å². The molecular formula is C27H29N3O3. The average molecular weight is 444 g/mol. The van der Waals surface area contributed by atoms with Crippen LogP contribution in [0.15, 0.2) is 54.6 Å². The maximum atomic E-state index is 13.8. The topological polar surface area (TPSA) is 60.9 Å². The molecule has 2 aromatic rings. The van der Waals surface area contributed by atoms with E-state index in [0.29, 0.717) is 23.1 Å². The minimum atomic E-state index is -0.766. The number of amides is 3. The van der Waals surface area contributed by atoms with Crippen molar-refractivity contribution in [1.29, 1.82) is 0 Å². The zero-order valence-electron chi connectivity index (χ0n) is 18.9. The van der Waals surface area contributed by atoms with Crippen molar-refractivity contribution < 1.29 is 14.4 Å². The predicted molar refractivity (Wildman–Crippen MR) is 124 cm³/mol. The number of para-hydroxylation sites is 1. The van der Waals surface area contributed by atoms with Crippen LogP contribution < -0.4 is 4.90 Å². The van der Waals surface area contributed by atoms with E-state index in [1.165, 1.54) is 17.7 Å². The molecule has 0 radical (unpaired) electrons. The molecule has 3 amide bonds.